The molecule has 0 aliphatic rings. The molecule has 1 heterocycles. The highest BCUT2D eigenvalue weighted by Crippen LogP contribution is 2.18. The second-order valence-corrected chi connectivity index (χ2v) is 4.25. The summed E-state index contributed by atoms with van der Waals surface area (Å²) in [4.78, 5) is 4.46. The van der Waals surface area contributed by atoms with Crippen LogP contribution < -0.4 is 5.46 Å². The molecule has 1 aromatic heterocycles. The molecule has 78 valence electrons. The summed E-state index contributed by atoms with van der Waals surface area (Å²) in [7, 11) is 5.65. The Morgan fingerprint density at radius 1 is 1.00 bits per heavy atom. The summed E-state index contributed by atoms with van der Waals surface area (Å²) < 4.78 is 0. The van der Waals surface area contributed by atoms with Crippen LogP contribution in [0, 0.1) is 0 Å². The molecule has 2 heteroatoms. The van der Waals surface area contributed by atoms with E-state index in [1.165, 1.54) is 5.56 Å². The van der Waals surface area contributed by atoms with Crippen LogP contribution in [0.2, 0.25) is 0 Å². The van der Waals surface area contributed by atoms with Crippen molar-refractivity contribution in [3.8, 4) is 11.3 Å². The fraction of sp³-hybridized carbons (Fsp3) is 0.214. The summed E-state index contributed by atoms with van der Waals surface area (Å²) in [6.07, 6.45) is 1.94. The summed E-state index contributed by atoms with van der Waals surface area (Å²) >= 11 is 0. The molecular weight excluding hydrogens is 193 g/mol. The number of aromatic nitrogens is 1. The molecule has 0 unspecified atom stereocenters. The molecule has 0 atom stereocenters. The van der Waals surface area contributed by atoms with E-state index < -0.39 is 0 Å². The Hall–Kier alpha value is -1.57. The van der Waals surface area contributed by atoms with Gasteiger partial charge in [-0.3, -0.25) is 4.98 Å². The largest absolute Gasteiger partial charge is 0.256 e. The van der Waals surface area contributed by atoms with E-state index in [1.807, 2.05) is 30.5 Å². The molecule has 1 aromatic carbocycles. The van der Waals surface area contributed by atoms with Crippen molar-refractivity contribution >= 4 is 13.3 Å². The summed E-state index contributed by atoms with van der Waals surface area (Å²) in [5.74, 6) is 0.521. The monoisotopic (exact) mass is 207 g/mol. The van der Waals surface area contributed by atoms with Crippen molar-refractivity contribution in [2.45, 2.75) is 19.8 Å². The van der Waals surface area contributed by atoms with Gasteiger partial charge in [-0.2, -0.15) is 0 Å². The van der Waals surface area contributed by atoms with E-state index in [2.05, 4.69) is 31.0 Å². The fourth-order valence-corrected chi connectivity index (χ4v) is 1.57. The first-order chi connectivity index (χ1) is 7.66. The van der Waals surface area contributed by atoms with Crippen molar-refractivity contribution in [2.75, 3.05) is 0 Å². The van der Waals surface area contributed by atoms with Crippen molar-refractivity contribution in [2.24, 2.45) is 0 Å². The molecular formula is C14H14BN. The Bertz CT molecular complexity index is 457. The average molecular weight is 207 g/mol. The Labute approximate surface area is 98.0 Å². The second-order valence-electron chi connectivity index (χ2n) is 4.25. The second kappa shape index (κ2) is 4.52. The van der Waals surface area contributed by atoms with Gasteiger partial charge in [0.15, 0.2) is 0 Å². The predicted molar refractivity (Wildman–Crippen MR) is 69.2 cm³/mol. The van der Waals surface area contributed by atoms with Crippen molar-refractivity contribution in [3.05, 3.63) is 48.2 Å². The van der Waals surface area contributed by atoms with Crippen molar-refractivity contribution in [1.82, 2.24) is 4.98 Å². The van der Waals surface area contributed by atoms with Crippen molar-refractivity contribution < 1.29 is 0 Å². The topological polar surface area (TPSA) is 12.9 Å². The normalized spacial score (nSPS) is 10.7. The van der Waals surface area contributed by atoms with E-state index in [-0.39, 0.29) is 0 Å². The number of hydrogen-bond donors (Lipinski definition) is 0. The third kappa shape index (κ3) is 2.33. The lowest BCUT2D eigenvalue weighted by Crippen LogP contribution is -1.99. The van der Waals surface area contributed by atoms with Gasteiger partial charge in [0.25, 0.3) is 0 Å². The summed E-state index contributed by atoms with van der Waals surface area (Å²) in [5.41, 5.74) is 4.13. The number of benzene rings is 1. The van der Waals surface area contributed by atoms with E-state index in [4.69, 9.17) is 7.85 Å². The minimum Gasteiger partial charge on any atom is -0.256 e. The van der Waals surface area contributed by atoms with Crippen LogP contribution in [0.3, 0.4) is 0 Å². The standard InChI is InChI=1S/C14H14BN/c1-10(2)12-5-8-14(16-9-12)11-3-6-13(15)7-4-11/h3-10H,1-2H3. The zero-order valence-electron chi connectivity index (χ0n) is 9.64. The quantitative estimate of drug-likeness (QED) is 0.690. The van der Waals surface area contributed by atoms with Crippen LogP contribution in [0.1, 0.15) is 25.3 Å². The van der Waals surface area contributed by atoms with Crippen molar-refractivity contribution in [1.29, 1.82) is 0 Å². The maximum Gasteiger partial charge on any atom is 0.113 e. The molecule has 2 rings (SSSR count). The van der Waals surface area contributed by atoms with E-state index in [9.17, 15) is 0 Å². The first-order valence-electron chi connectivity index (χ1n) is 5.48. The van der Waals surface area contributed by atoms with E-state index in [1.54, 1.807) is 0 Å². The van der Waals surface area contributed by atoms with Gasteiger partial charge in [-0.05, 0) is 17.5 Å². The first kappa shape index (κ1) is 10.9. The molecule has 0 fully saturated rings. The van der Waals surface area contributed by atoms with Gasteiger partial charge in [-0.25, -0.2) is 0 Å². The van der Waals surface area contributed by atoms with Gasteiger partial charge in [-0.1, -0.05) is 49.6 Å². The van der Waals surface area contributed by atoms with Crippen LogP contribution in [-0.4, -0.2) is 12.8 Å². The molecule has 0 amide bonds. The van der Waals surface area contributed by atoms with Gasteiger partial charge in [0, 0.05) is 11.8 Å². The minimum atomic E-state index is 0.521. The molecule has 0 bridgehead atoms. The zero-order chi connectivity index (χ0) is 11.5. The van der Waals surface area contributed by atoms with E-state index in [0.29, 0.717) is 5.92 Å². The molecule has 2 radical (unpaired) electrons. The van der Waals surface area contributed by atoms with Crippen LogP contribution in [-0.2, 0) is 0 Å². The van der Waals surface area contributed by atoms with Gasteiger partial charge in [0.1, 0.15) is 7.85 Å². The molecule has 0 spiro atoms. The average Bonchev–Trinajstić information content (AvgIpc) is 2.30. The first-order valence-corrected chi connectivity index (χ1v) is 5.48. The third-order valence-electron chi connectivity index (χ3n) is 2.66. The van der Waals surface area contributed by atoms with Gasteiger partial charge in [0.2, 0.25) is 0 Å². The molecule has 2 aromatic rings. The van der Waals surface area contributed by atoms with Crippen molar-refractivity contribution in [3.63, 3.8) is 0 Å². The van der Waals surface area contributed by atoms with Gasteiger partial charge < -0.3 is 0 Å². The SMILES string of the molecule is [B]c1ccc(-c2ccc(C(C)C)cn2)cc1. The summed E-state index contributed by atoms with van der Waals surface area (Å²) in [5, 5.41) is 0. The highest BCUT2D eigenvalue weighted by atomic mass is 14.7. The Kier molecular flexibility index (Phi) is 3.09. The predicted octanol–water partition coefficient (Wildman–Crippen LogP) is 2.67. The molecule has 16 heavy (non-hydrogen) atoms. The van der Waals surface area contributed by atoms with Crippen LogP contribution in [0.5, 0.6) is 0 Å². The number of rotatable bonds is 2. The van der Waals surface area contributed by atoms with Crippen LogP contribution >= 0.6 is 0 Å². The molecule has 0 saturated heterocycles. The molecule has 0 saturated carbocycles. The van der Waals surface area contributed by atoms with Crippen LogP contribution in [0.4, 0.5) is 0 Å². The molecule has 0 N–H and O–H groups in total. The highest BCUT2D eigenvalue weighted by molar-refractivity contribution is 6.32. The summed E-state index contributed by atoms with van der Waals surface area (Å²) in [6, 6.07) is 12.0. The Morgan fingerprint density at radius 3 is 2.19 bits per heavy atom. The minimum absolute atomic E-state index is 0.521. The maximum absolute atomic E-state index is 5.65. The highest BCUT2D eigenvalue weighted by Gasteiger charge is 2.01. The van der Waals surface area contributed by atoms with Gasteiger partial charge in [-0.15, -0.1) is 0 Å². The van der Waals surface area contributed by atoms with Crippen LogP contribution in [0.25, 0.3) is 11.3 Å². The zero-order valence-corrected chi connectivity index (χ0v) is 9.64. The third-order valence-corrected chi connectivity index (χ3v) is 2.66. The van der Waals surface area contributed by atoms with E-state index in [0.717, 1.165) is 16.7 Å². The fourth-order valence-electron chi connectivity index (χ4n) is 1.57. The molecule has 0 aliphatic carbocycles. The molecule has 1 nitrogen and oxygen atoms in total. The summed E-state index contributed by atoms with van der Waals surface area (Å²) in [6.45, 7) is 4.33. The smallest absolute Gasteiger partial charge is 0.113 e. The molecule has 0 aliphatic heterocycles. The van der Waals surface area contributed by atoms with Gasteiger partial charge >= 0.3 is 0 Å². The lowest BCUT2D eigenvalue weighted by Gasteiger charge is -2.06. The number of pyridine rings is 1. The Balaban J connectivity index is 2.31. The maximum atomic E-state index is 5.65. The number of hydrogen-bond acceptors (Lipinski definition) is 1. The number of nitrogens with zero attached hydrogens (tertiary/aromatic N) is 1. The Morgan fingerprint density at radius 2 is 1.69 bits per heavy atom. The van der Waals surface area contributed by atoms with Crippen LogP contribution in [0.15, 0.2) is 42.6 Å². The van der Waals surface area contributed by atoms with Gasteiger partial charge in [0.05, 0.1) is 5.69 Å². The van der Waals surface area contributed by atoms with E-state index >= 15 is 0 Å². The lowest BCUT2D eigenvalue weighted by molar-refractivity contribution is 0.859. The lowest BCUT2D eigenvalue weighted by atomic mass is 9.94.